The fourth-order valence-electron chi connectivity index (χ4n) is 3.26. The maximum Gasteiger partial charge on any atom is 0.322 e. The summed E-state index contributed by atoms with van der Waals surface area (Å²) in [7, 11) is 1.13. The molecule has 1 aromatic carbocycles. The van der Waals surface area contributed by atoms with Gasteiger partial charge in [0, 0.05) is 18.7 Å². The molecular weight excluding hydrogens is 416 g/mol. The molecule has 164 valence electrons. The topological polar surface area (TPSA) is 133 Å². The second kappa shape index (κ2) is 8.88. The maximum atomic E-state index is 12.6. The van der Waals surface area contributed by atoms with E-state index in [1.165, 1.54) is 25.6 Å². The van der Waals surface area contributed by atoms with E-state index in [4.69, 9.17) is 18.6 Å². The van der Waals surface area contributed by atoms with Crippen molar-refractivity contribution in [3.63, 3.8) is 0 Å². The Bertz CT molecular complexity index is 996. The van der Waals surface area contributed by atoms with Crippen LogP contribution in [0, 0.1) is 5.92 Å². The van der Waals surface area contributed by atoms with E-state index in [0.717, 1.165) is 6.26 Å². The van der Waals surface area contributed by atoms with E-state index >= 15 is 0 Å². The maximum absolute atomic E-state index is 12.6. The Morgan fingerprint density at radius 1 is 1.17 bits per heavy atom. The zero-order chi connectivity index (χ0) is 21.9. The largest absolute Gasteiger partial charge is 0.493 e. The molecule has 2 aromatic rings. The number of benzene rings is 1. The molecule has 0 spiro atoms. The van der Waals surface area contributed by atoms with Crippen LogP contribution in [0.15, 0.2) is 16.5 Å². The third-order valence-corrected chi connectivity index (χ3v) is 6.06. The third-order valence-electron chi connectivity index (χ3n) is 4.79. The van der Waals surface area contributed by atoms with Crippen LogP contribution in [0.25, 0.3) is 11.5 Å². The quantitative estimate of drug-likeness (QED) is 0.677. The predicted molar refractivity (Wildman–Crippen MR) is 107 cm³/mol. The summed E-state index contributed by atoms with van der Waals surface area (Å²) >= 11 is 0. The molecule has 1 amide bonds. The highest BCUT2D eigenvalue weighted by Gasteiger charge is 2.31. The minimum Gasteiger partial charge on any atom is -0.493 e. The van der Waals surface area contributed by atoms with Crippen LogP contribution in [-0.2, 0) is 14.8 Å². The zero-order valence-corrected chi connectivity index (χ0v) is 18.0. The number of sulfonamides is 1. The Kier molecular flexibility index (Phi) is 6.46. The van der Waals surface area contributed by atoms with Crippen LogP contribution in [0.2, 0.25) is 0 Å². The molecule has 1 saturated heterocycles. The van der Waals surface area contributed by atoms with E-state index in [9.17, 15) is 13.2 Å². The minimum absolute atomic E-state index is 0.0831. The number of carbonyl (C=O) groups is 1. The number of hydrogen-bond donors (Lipinski definition) is 1. The Labute approximate surface area is 174 Å². The number of piperidine rings is 1. The highest BCUT2D eigenvalue weighted by Crippen LogP contribution is 2.41. The SMILES string of the molecule is COc1cc(-c2nnc(NC(=O)C3CCCN(S(C)(=O)=O)C3)o2)cc(OC)c1OC. The molecule has 1 aliphatic rings. The van der Waals surface area contributed by atoms with Crippen molar-refractivity contribution < 1.29 is 31.8 Å². The molecule has 0 radical (unpaired) electrons. The molecule has 1 N–H and O–H groups in total. The number of aromatic nitrogens is 2. The molecule has 1 aliphatic heterocycles. The van der Waals surface area contributed by atoms with Gasteiger partial charge in [-0.15, -0.1) is 5.10 Å². The first kappa shape index (κ1) is 21.8. The van der Waals surface area contributed by atoms with E-state index in [2.05, 4.69) is 15.5 Å². The van der Waals surface area contributed by atoms with Crippen LogP contribution in [0.4, 0.5) is 6.01 Å². The Hall–Kier alpha value is -2.86. The fraction of sp³-hybridized carbons (Fsp3) is 0.500. The summed E-state index contributed by atoms with van der Waals surface area (Å²) in [5.74, 6) is 0.529. The third kappa shape index (κ3) is 4.65. The Morgan fingerprint density at radius 3 is 2.40 bits per heavy atom. The number of nitrogens with zero attached hydrogens (tertiary/aromatic N) is 3. The lowest BCUT2D eigenvalue weighted by molar-refractivity contribution is -0.121. The number of nitrogens with one attached hydrogen (secondary N) is 1. The second-order valence-corrected chi connectivity index (χ2v) is 8.76. The van der Waals surface area contributed by atoms with Gasteiger partial charge in [0.25, 0.3) is 0 Å². The van der Waals surface area contributed by atoms with Crippen LogP contribution in [0.5, 0.6) is 17.2 Å². The molecule has 0 saturated carbocycles. The molecule has 1 atom stereocenters. The number of rotatable bonds is 7. The number of amides is 1. The lowest BCUT2D eigenvalue weighted by Crippen LogP contribution is -2.43. The number of methoxy groups -OCH3 is 3. The van der Waals surface area contributed by atoms with Gasteiger partial charge >= 0.3 is 6.01 Å². The average Bonchev–Trinajstić information content (AvgIpc) is 3.20. The molecule has 1 aromatic heterocycles. The van der Waals surface area contributed by atoms with Crippen molar-refractivity contribution in [2.75, 3.05) is 46.0 Å². The normalized spacial score (nSPS) is 17.4. The first-order valence-corrected chi connectivity index (χ1v) is 11.0. The van der Waals surface area contributed by atoms with Crippen molar-refractivity contribution in [2.24, 2.45) is 5.92 Å². The van der Waals surface area contributed by atoms with E-state index in [1.807, 2.05) is 0 Å². The van der Waals surface area contributed by atoms with E-state index in [1.54, 1.807) is 12.1 Å². The molecule has 0 bridgehead atoms. The summed E-state index contributed by atoms with van der Waals surface area (Å²) in [5.41, 5.74) is 0.512. The smallest absolute Gasteiger partial charge is 0.322 e. The molecule has 11 nitrogen and oxygen atoms in total. The summed E-state index contributed by atoms with van der Waals surface area (Å²) in [4.78, 5) is 12.6. The first-order chi connectivity index (χ1) is 14.3. The van der Waals surface area contributed by atoms with Gasteiger partial charge in [0.2, 0.25) is 27.6 Å². The van der Waals surface area contributed by atoms with Crippen LogP contribution >= 0.6 is 0 Å². The van der Waals surface area contributed by atoms with Crippen molar-refractivity contribution in [1.29, 1.82) is 0 Å². The number of ether oxygens (including phenoxy) is 3. The van der Waals surface area contributed by atoms with Gasteiger partial charge in [-0.05, 0) is 25.0 Å². The minimum atomic E-state index is -3.35. The van der Waals surface area contributed by atoms with Crippen molar-refractivity contribution in [2.45, 2.75) is 12.8 Å². The van der Waals surface area contributed by atoms with Gasteiger partial charge in [-0.25, -0.2) is 12.7 Å². The fourth-order valence-corrected chi connectivity index (χ4v) is 4.17. The molecule has 3 rings (SSSR count). The summed E-state index contributed by atoms with van der Waals surface area (Å²) in [6.07, 6.45) is 2.31. The van der Waals surface area contributed by atoms with Crippen LogP contribution < -0.4 is 19.5 Å². The highest BCUT2D eigenvalue weighted by atomic mass is 32.2. The molecule has 1 fully saturated rings. The lowest BCUT2D eigenvalue weighted by Gasteiger charge is -2.29. The van der Waals surface area contributed by atoms with Crippen LogP contribution in [-0.4, -0.2) is 69.5 Å². The van der Waals surface area contributed by atoms with E-state index in [0.29, 0.717) is 42.2 Å². The summed E-state index contributed by atoms with van der Waals surface area (Å²) in [5, 5.41) is 10.4. The summed E-state index contributed by atoms with van der Waals surface area (Å²) < 4.78 is 46.3. The summed E-state index contributed by atoms with van der Waals surface area (Å²) in [6.45, 7) is 0.535. The predicted octanol–water partition coefficient (Wildman–Crippen LogP) is 1.37. The Morgan fingerprint density at radius 2 is 1.83 bits per heavy atom. The molecule has 2 heterocycles. The monoisotopic (exact) mass is 440 g/mol. The van der Waals surface area contributed by atoms with E-state index < -0.39 is 15.9 Å². The van der Waals surface area contributed by atoms with Crippen LogP contribution in [0.1, 0.15) is 12.8 Å². The number of hydrogen-bond acceptors (Lipinski definition) is 9. The molecule has 12 heteroatoms. The molecular formula is C18H24N4O7S. The van der Waals surface area contributed by atoms with Gasteiger partial charge in [-0.3, -0.25) is 10.1 Å². The van der Waals surface area contributed by atoms with Gasteiger partial charge in [0.15, 0.2) is 11.5 Å². The van der Waals surface area contributed by atoms with Gasteiger partial charge in [-0.2, -0.15) is 0 Å². The van der Waals surface area contributed by atoms with Gasteiger partial charge in [0.1, 0.15) is 0 Å². The Balaban J connectivity index is 1.76. The second-order valence-electron chi connectivity index (χ2n) is 6.78. The average molecular weight is 440 g/mol. The van der Waals surface area contributed by atoms with Crippen molar-refractivity contribution in [3.05, 3.63) is 12.1 Å². The van der Waals surface area contributed by atoms with Crippen molar-refractivity contribution >= 4 is 21.9 Å². The highest BCUT2D eigenvalue weighted by molar-refractivity contribution is 7.88. The van der Waals surface area contributed by atoms with Gasteiger partial charge in [0.05, 0.1) is 33.5 Å². The molecule has 1 unspecified atom stereocenters. The molecule has 0 aliphatic carbocycles. The molecule has 30 heavy (non-hydrogen) atoms. The van der Waals surface area contributed by atoms with Crippen molar-refractivity contribution in [1.82, 2.24) is 14.5 Å². The van der Waals surface area contributed by atoms with Crippen LogP contribution in [0.3, 0.4) is 0 Å². The van der Waals surface area contributed by atoms with Gasteiger partial charge in [-0.1, -0.05) is 5.10 Å². The number of anilines is 1. The van der Waals surface area contributed by atoms with Crippen molar-refractivity contribution in [3.8, 4) is 28.7 Å². The standard InChI is InChI=1S/C18H24N4O7S/c1-26-13-8-12(9-14(27-2)15(13)28-3)17-20-21-18(29-17)19-16(23)11-6-5-7-22(10-11)30(4,24)25/h8-9,11H,5-7,10H2,1-4H3,(H,19,21,23). The first-order valence-electron chi connectivity index (χ1n) is 9.16. The van der Waals surface area contributed by atoms with E-state index in [-0.39, 0.29) is 24.4 Å². The number of carbonyl (C=O) groups excluding carboxylic acids is 1. The summed E-state index contributed by atoms with van der Waals surface area (Å²) in [6, 6.07) is 3.21. The lowest BCUT2D eigenvalue weighted by atomic mass is 9.99. The van der Waals surface area contributed by atoms with Gasteiger partial charge < -0.3 is 18.6 Å². The zero-order valence-electron chi connectivity index (χ0n) is 17.2.